The lowest BCUT2D eigenvalue weighted by molar-refractivity contribution is -0.152. The number of nitrogens with zero attached hydrogens (tertiary/aromatic N) is 1. The second-order valence-corrected chi connectivity index (χ2v) is 8.50. The molecule has 0 aromatic carbocycles. The zero-order valence-electron chi connectivity index (χ0n) is 12.5. The van der Waals surface area contributed by atoms with Gasteiger partial charge in [0.05, 0.1) is 9.75 Å². The first-order chi connectivity index (χ1) is 10.4. The van der Waals surface area contributed by atoms with Gasteiger partial charge in [-0.25, -0.2) is 4.79 Å². The van der Waals surface area contributed by atoms with Crippen molar-refractivity contribution in [1.82, 2.24) is 4.90 Å². The number of ketones is 1. The molecule has 0 saturated carbocycles. The summed E-state index contributed by atoms with van der Waals surface area (Å²) in [6, 6.07) is 3.03. The maximum atomic E-state index is 12.2. The van der Waals surface area contributed by atoms with Gasteiger partial charge in [0, 0.05) is 17.1 Å². The summed E-state index contributed by atoms with van der Waals surface area (Å²) in [5, 5.41) is 0. The zero-order chi connectivity index (χ0) is 15.9. The third-order valence-electron chi connectivity index (χ3n) is 4.08. The largest absolute Gasteiger partial charge is 0.456 e. The fourth-order valence-electron chi connectivity index (χ4n) is 2.88. The number of hydrogen-bond acceptors (Lipinski definition) is 6. The Morgan fingerprint density at radius 1 is 1.45 bits per heavy atom. The van der Waals surface area contributed by atoms with Crippen LogP contribution in [0.4, 0.5) is 0 Å². The monoisotopic (exact) mass is 339 g/mol. The number of carbonyl (C=O) groups is 3. The van der Waals surface area contributed by atoms with Gasteiger partial charge < -0.3 is 9.64 Å². The van der Waals surface area contributed by atoms with Crippen LogP contribution < -0.4 is 0 Å². The minimum atomic E-state index is -0.567. The highest BCUT2D eigenvalue weighted by molar-refractivity contribution is 8.01. The smallest absolute Gasteiger partial charge is 0.330 e. The third-order valence-corrected chi connectivity index (χ3v) is 6.62. The number of hydrogen-bond donors (Lipinski definition) is 0. The van der Waals surface area contributed by atoms with Gasteiger partial charge in [0.1, 0.15) is 6.04 Å². The summed E-state index contributed by atoms with van der Waals surface area (Å²) in [5.74, 6) is -0.150. The van der Waals surface area contributed by atoms with Crippen molar-refractivity contribution in [2.75, 3.05) is 12.4 Å². The summed E-state index contributed by atoms with van der Waals surface area (Å²) in [6.07, 6.45) is 1.23. The van der Waals surface area contributed by atoms with Crippen LogP contribution >= 0.6 is 23.1 Å². The van der Waals surface area contributed by atoms with E-state index in [9.17, 15) is 14.4 Å². The van der Waals surface area contributed by atoms with E-state index in [1.165, 1.54) is 11.3 Å². The number of carbonyl (C=O) groups excluding carboxylic acids is 3. The van der Waals surface area contributed by atoms with Crippen LogP contribution in [0.2, 0.25) is 0 Å². The summed E-state index contributed by atoms with van der Waals surface area (Å²) >= 11 is 3.00. The Bertz CT molecular complexity index is 641. The van der Waals surface area contributed by atoms with Crippen LogP contribution in [0.5, 0.6) is 0 Å². The maximum Gasteiger partial charge on any atom is 0.330 e. The lowest BCUT2D eigenvalue weighted by atomic mass is 10.2. The first-order valence-corrected chi connectivity index (χ1v) is 8.93. The van der Waals surface area contributed by atoms with Gasteiger partial charge in [-0.15, -0.1) is 23.1 Å². The van der Waals surface area contributed by atoms with E-state index in [1.807, 2.05) is 19.9 Å². The molecule has 1 aromatic rings. The van der Waals surface area contributed by atoms with Crippen molar-refractivity contribution < 1.29 is 19.1 Å². The Labute approximate surface area is 137 Å². The van der Waals surface area contributed by atoms with Crippen LogP contribution in [-0.4, -0.2) is 45.8 Å². The van der Waals surface area contributed by atoms with Crippen molar-refractivity contribution in [2.24, 2.45) is 0 Å². The summed E-state index contributed by atoms with van der Waals surface area (Å²) < 4.78 is 5.16. The molecule has 2 fully saturated rings. The van der Waals surface area contributed by atoms with Crippen LogP contribution in [0.25, 0.3) is 0 Å². The molecule has 0 unspecified atom stereocenters. The Morgan fingerprint density at radius 2 is 2.23 bits per heavy atom. The average molecular weight is 339 g/mol. The fraction of sp³-hybridized carbons (Fsp3) is 0.533. The van der Waals surface area contributed by atoms with Gasteiger partial charge >= 0.3 is 5.97 Å². The van der Waals surface area contributed by atoms with E-state index in [1.54, 1.807) is 22.7 Å². The van der Waals surface area contributed by atoms with Gasteiger partial charge in [0.2, 0.25) is 11.7 Å². The van der Waals surface area contributed by atoms with Gasteiger partial charge in [0.15, 0.2) is 6.61 Å². The molecule has 2 atom stereocenters. The number of esters is 1. The van der Waals surface area contributed by atoms with E-state index in [-0.39, 0.29) is 23.2 Å². The highest BCUT2D eigenvalue weighted by Crippen LogP contribution is 2.47. The number of rotatable bonds is 4. The predicted octanol–water partition coefficient (Wildman–Crippen LogP) is 2.24. The van der Waals surface area contributed by atoms with Crippen LogP contribution in [0.3, 0.4) is 0 Å². The topological polar surface area (TPSA) is 63.7 Å². The molecule has 5 nitrogen and oxygen atoms in total. The molecule has 3 rings (SSSR count). The molecule has 2 aliphatic rings. The standard InChI is InChI=1S/C15H17NO4S2/c1-9-3-4-12(22-9)11(17)7-20-14(19)10-8-21-15(2)6-5-13(18)16(10)15/h3-4,10H,5-8H2,1-2H3/t10-,15-/m0/s1. The lowest BCUT2D eigenvalue weighted by Gasteiger charge is -2.29. The lowest BCUT2D eigenvalue weighted by Crippen LogP contribution is -2.46. The normalized spacial score (nSPS) is 27.1. The van der Waals surface area contributed by atoms with Gasteiger partial charge in [-0.05, 0) is 32.4 Å². The summed E-state index contributed by atoms with van der Waals surface area (Å²) in [4.78, 5) is 39.2. The van der Waals surface area contributed by atoms with Gasteiger partial charge in [0.25, 0.3) is 0 Å². The summed E-state index contributed by atoms with van der Waals surface area (Å²) in [7, 11) is 0. The number of fused-ring (bicyclic) bond motifs is 1. The number of ether oxygens (including phenoxy) is 1. The van der Waals surface area contributed by atoms with Crippen molar-refractivity contribution in [2.45, 2.75) is 37.6 Å². The molecular weight excluding hydrogens is 322 g/mol. The molecule has 0 aliphatic carbocycles. The number of aryl methyl sites for hydroxylation is 1. The van der Waals surface area contributed by atoms with E-state index >= 15 is 0 Å². The average Bonchev–Trinajstić information content (AvgIpc) is 3.13. The molecule has 1 amide bonds. The molecule has 1 aromatic heterocycles. The molecule has 0 radical (unpaired) electrons. The Kier molecular flexibility index (Phi) is 4.03. The summed E-state index contributed by atoms with van der Waals surface area (Å²) in [6.45, 7) is 3.64. The van der Waals surface area contributed by atoms with Crippen molar-refractivity contribution in [3.63, 3.8) is 0 Å². The Balaban J connectivity index is 1.61. The minimum absolute atomic E-state index is 0.00495. The summed E-state index contributed by atoms with van der Waals surface area (Å²) in [5.41, 5.74) is 0. The van der Waals surface area contributed by atoms with Crippen LogP contribution in [0.1, 0.15) is 34.3 Å². The molecule has 2 saturated heterocycles. The molecule has 2 aliphatic heterocycles. The maximum absolute atomic E-state index is 12.2. The van der Waals surface area contributed by atoms with Crippen molar-refractivity contribution in [3.8, 4) is 0 Å². The third kappa shape index (κ3) is 2.67. The Hall–Kier alpha value is -1.34. The van der Waals surface area contributed by atoms with Crippen molar-refractivity contribution >= 4 is 40.8 Å². The molecular formula is C15H17NO4S2. The van der Waals surface area contributed by atoms with E-state index < -0.39 is 12.0 Å². The van der Waals surface area contributed by atoms with E-state index in [4.69, 9.17) is 4.74 Å². The van der Waals surface area contributed by atoms with E-state index in [0.29, 0.717) is 17.1 Å². The van der Waals surface area contributed by atoms with Gasteiger partial charge in [-0.1, -0.05) is 0 Å². The molecule has 118 valence electrons. The SMILES string of the molecule is Cc1ccc(C(=O)COC(=O)[C@@H]2CS[C@@]3(C)CCC(=O)N23)s1. The number of Topliss-reactive ketones (excluding diaryl/α,β-unsaturated/α-hetero) is 1. The van der Waals surface area contributed by atoms with Crippen molar-refractivity contribution in [3.05, 3.63) is 21.9 Å². The first kappa shape index (κ1) is 15.6. The molecule has 0 spiro atoms. The van der Waals surface area contributed by atoms with Crippen LogP contribution in [0, 0.1) is 6.92 Å². The first-order valence-electron chi connectivity index (χ1n) is 7.13. The minimum Gasteiger partial charge on any atom is -0.456 e. The molecule has 3 heterocycles. The van der Waals surface area contributed by atoms with Crippen molar-refractivity contribution in [1.29, 1.82) is 0 Å². The molecule has 22 heavy (non-hydrogen) atoms. The van der Waals surface area contributed by atoms with Gasteiger partial charge in [-0.3, -0.25) is 9.59 Å². The fourth-order valence-corrected chi connectivity index (χ4v) is 5.09. The second-order valence-electron chi connectivity index (χ2n) is 5.71. The quantitative estimate of drug-likeness (QED) is 0.622. The predicted molar refractivity (Wildman–Crippen MR) is 85.1 cm³/mol. The molecule has 0 bridgehead atoms. The van der Waals surface area contributed by atoms with E-state index in [0.717, 1.165) is 11.3 Å². The second kappa shape index (κ2) is 5.70. The highest BCUT2D eigenvalue weighted by Gasteiger charge is 2.53. The van der Waals surface area contributed by atoms with Crippen LogP contribution in [0.15, 0.2) is 12.1 Å². The van der Waals surface area contributed by atoms with E-state index in [2.05, 4.69) is 0 Å². The number of thioether (sulfide) groups is 1. The molecule has 7 heteroatoms. The van der Waals surface area contributed by atoms with Crippen LogP contribution in [-0.2, 0) is 14.3 Å². The number of amides is 1. The highest BCUT2D eigenvalue weighted by atomic mass is 32.2. The zero-order valence-corrected chi connectivity index (χ0v) is 14.1. The number of thiophene rings is 1. The van der Waals surface area contributed by atoms with Gasteiger partial charge in [-0.2, -0.15) is 0 Å². The molecule has 0 N–H and O–H groups in total. The Morgan fingerprint density at radius 3 is 2.91 bits per heavy atom.